The first-order valence-electron chi connectivity index (χ1n) is 17.1. The molecule has 0 unspecified atom stereocenters. The van der Waals surface area contributed by atoms with Gasteiger partial charge in [-0.25, -0.2) is 9.59 Å². The number of aromatic nitrogens is 1. The van der Waals surface area contributed by atoms with E-state index in [0.29, 0.717) is 48.0 Å². The van der Waals surface area contributed by atoms with E-state index in [4.69, 9.17) is 14.0 Å². The zero-order valence-electron chi connectivity index (χ0n) is 30.2. The van der Waals surface area contributed by atoms with Gasteiger partial charge in [-0.2, -0.15) is 13.2 Å². The van der Waals surface area contributed by atoms with Gasteiger partial charge >= 0.3 is 18.2 Å². The van der Waals surface area contributed by atoms with Crippen molar-refractivity contribution in [3.63, 3.8) is 0 Å². The Morgan fingerprint density at radius 2 is 1.75 bits per heavy atom. The van der Waals surface area contributed by atoms with E-state index in [1.807, 2.05) is 13.8 Å². The van der Waals surface area contributed by atoms with E-state index in [1.165, 1.54) is 28.0 Å². The van der Waals surface area contributed by atoms with Crippen LogP contribution < -0.4 is 20.7 Å². The first-order chi connectivity index (χ1) is 24.6. The van der Waals surface area contributed by atoms with Crippen LogP contribution in [0.1, 0.15) is 67.4 Å². The molecular weight excluding hydrogens is 685 g/mol. The van der Waals surface area contributed by atoms with Crippen molar-refractivity contribution in [2.45, 2.75) is 78.3 Å². The lowest BCUT2D eigenvalue weighted by Gasteiger charge is -2.35. The Hall–Kier alpha value is -4.83. The fourth-order valence-corrected chi connectivity index (χ4v) is 5.71. The number of nitrogens with one attached hydrogen (secondary N) is 3. The molecule has 0 saturated carbocycles. The van der Waals surface area contributed by atoms with E-state index in [-0.39, 0.29) is 43.0 Å². The first-order valence-corrected chi connectivity index (χ1v) is 17.1. The summed E-state index contributed by atoms with van der Waals surface area (Å²) >= 11 is 0. The molecular formula is C36H47F3N6O7. The van der Waals surface area contributed by atoms with E-state index in [1.54, 1.807) is 40.0 Å². The van der Waals surface area contributed by atoms with Crippen LogP contribution in [0, 0.1) is 19.8 Å². The Morgan fingerprint density at radius 3 is 2.38 bits per heavy atom. The van der Waals surface area contributed by atoms with Gasteiger partial charge in [0.05, 0.1) is 36.0 Å². The van der Waals surface area contributed by atoms with Crippen molar-refractivity contribution in [3.05, 3.63) is 65.0 Å². The molecule has 2 aromatic carbocycles. The Bertz CT molecular complexity index is 1660. The smallest absolute Gasteiger partial charge is 0.416 e. The van der Waals surface area contributed by atoms with E-state index >= 15 is 0 Å². The van der Waals surface area contributed by atoms with Crippen LogP contribution in [-0.2, 0) is 10.9 Å². The first kappa shape index (κ1) is 39.9. The number of rotatable bonds is 7. The number of benzene rings is 2. The molecule has 0 radical (unpaired) electrons. The second kappa shape index (κ2) is 17.6. The summed E-state index contributed by atoms with van der Waals surface area (Å²) in [4.78, 5) is 43.3. The second-order valence-electron chi connectivity index (χ2n) is 13.2. The summed E-state index contributed by atoms with van der Waals surface area (Å²) in [5, 5.41) is 22.1. The molecule has 4 rings (SSSR count). The number of aryl methyl sites for hydroxylation is 2. The number of anilines is 3. The van der Waals surface area contributed by atoms with Gasteiger partial charge in [-0.15, -0.1) is 0 Å². The summed E-state index contributed by atoms with van der Waals surface area (Å²) < 4.78 is 56.6. The van der Waals surface area contributed by atoms with Gasteiger partial charge in [-0.1, -0.05) is 12.1 Å². The third-order valence-electron chi connectivity index (χ3n) is 8.85. The maximum atomic E-state index is 14.4. The molecule has 2 heterocycles. The molecule has 1 aliphatic rings. The molecule has 52 heavy (non-hydrogen) atoms. The summed E-state index contributed by atoms with van der Waals surface area (Å²) in [6.07, 6.45) is -3.21. The number of hydrogen-bond donors (Lipinski definition) is 4. The van der Waals surface area contributed by atoms with Gasteiger partial charge in [0.1, 0.15) is 17.1 Å². The van der Waals surface area contributed by atoms with Crippen molar-refractivity contribution < 1.29 is 46.7 Å². The highest BCUT2D eigenvalue weighted by molar-refractivity contribution is 6.03. The minimum atomic E-state index is -4.50. The largest absolute Gasteiger partial charge is 0.490 e. The van der Waals surface area contributed by atoms with Gasteiger partial charge in [0.15, 0.2) is 5.76 Å². The van der Waals surface area contributed by atoms with E-state index in [2.05, 4.69) is 21.1 Å². The standard InChI is InChI=1S/C36H47F3N6O7/c1-21-18-45(22(2)20-46)33(47)29-17-28(40-34(48)42-32-24(4)43-52-25(32)5)14-15-30(29)51-23(3)9-7-8-16-50-31(21)19-44(6)35(49)41-27-12-10-26(11-13-27)36(37,38)39/h10-15,17,21-23,31,46H,7-9,16,18-20H2,1-6H3,(H,41,49)(H2,40,42,48)/t21-,22-,23+,31+/m1/s1. The van der Waals surface area contributed by atoms with Crippen LogP contribution in [0.2, 0.25) is 0 Å². The van der Waals surface area contributed by atoms with Gasteiger partial charge in [0.25, 0.3) is 5.91 Å². The SMILES string of the molecule is Cc1noc(C)c1NC(=O)Nc1ccc2c(c1)C(=O)N([C@H](C)CO)C[C@@H](C)[C@H](CN(C)C(=O)Nc1ccc(C(F)(F)F)cc1)OCCCC[C@H](C)O2. The molecule has 284 valence electrons. The molecule has 0 aliphatic carbocycles. The maximum absolute atomic E-state index is 14.4. The van der Waals surface area contributed by atoms with Gasteiger partial charge < -0.3 is 44.9 Å². The highest BCUT2D eigenvalue weighted by atomic mass is 19.4. The fraction of sp³-hybridized carbons (Fsp3) is 0.500. The van der Waals surface area contributed by atoms with E-state index < -0.39 is 41.9 Å². The maximum Gasteiger partial charge on any atom is 0.416 e. The van der Waals surface area contributed by atoms with Crippen LogP contribution >= 0.6 is 0 Å². The Kier molecular flexibility index (Phi) is 13.5. The van der Waals surface area contributed by atoms with Crippen LogP contribution in [-0.4, -0.2) is 89.6 Å². The number of likely N-dealkylation sites (N-methyl/N-ethyl adjacent to an activating group) is 1. The number of nitrogens with zero attached hydrogens (tertiary/aromatic N) is 3. The van der Waals surface area contributed by atoms with Crippen LogP contribution in [0.3, 0.4) is 0 Å². The Labute approximate surface area is 300 Å². The molecule has 0 fully saturated rings. The molecule has 4 atom stereocenters. The van der Waals surface area contributed by atoms with Crippen molar-refractivity contribution in [3.8, 4) is 5.75 Å². The van der Waals surface area contributed by atoms with Gasteiger partial charge in [-0.05, 0) is 89.4 Å². The van der Waals surface area contributed by atoms with Gasteiger partial charge in [0, 0.05) is 44.0 Å². The number of ether oxygens (including phenoxy) is 2. The number of halogens is 3. The number of fused-ring (bicyclic) bond motifs is 1. The molecule has 13 nitrogen and oxygen atoms in total. The minimum absolute atomic E-state index is 0.105. The minimum Gasteiger partial charge on any atom is -0.490 e. The molecule has 0 saturated heterocycles. The molecule has 0 bridgehead atoms. The number of urea groups is 2. The third-order valence-corrected chi connectivity index (χ3v) is 8.85. The summed E-state index contributed by atoms with van der Waals surface area (Å²) in [6, 6.07) is 7.19. The van der Waals surface area contributed by atoms with Crippen molar-refractivity contribution in [1.82, 2.24) is 15.0 Å². The van der Waals surface area contributed by atoms with Crippen molar-refractivity contribution >= 4 is 35.0 Å². The average Bonchev–Trinajstić information content (AvgIpc) is 3.41. The number of carbonyl (C=O) groups excluding carboxylic acids is 3. The Balaban J connectivity index is 1.56. The number of amides is 5. The lowest BCUT2D eigenvalue weighted by Crippen LogP contribution is -2.48. The monoisotopic (exact) mass is 732 g/mol. The van der Waals surface area contributed by atoms with Crippen molar-refractivity contribution in [2.75, 3.05) is 49.3 Å². The quantitative estimate of drug-likeness (QED) is 0.204. The molecule has 3 aromatic rings. The summed E-state index contributed by atoms with van der Waals surface area (Å²) in [7, 11) is 1.55. The number of carbonyl (C=O) groups is 3. The number of aliphatic hydroxyl groups excluding tert-OH is 1. The molecule has 4 N–H and O–H groups in total. The third kappa shape index (κ3) is 10.6. The fourth-order valence-electron chi connectivity index (χ4n) is 5.71. The zero-order valence-corrected chi connectivity index (χ0v) is 30.2. The zero-order chi connectivity index (χ0) is 38.2. The summed E-state index contributed by atoms with van der Waals surface area (Å²) in [5.41, 5.74) is 0.804. The van der Waals surface area contributed by atoms with Crippen LogP contribution in [0.4, 0.5) is 39.8 Å². The number of aliphatic hydroxyl groups is 1. The van der Waals surface area contributed by atoms with Crippen LogP contribution in [0.15, 0.2) is 47.0 Å². The van der Waals surface area contributed by atoms with Gasteiger partial charge in [0.2, 0.25) is 0 Å². The molecule has 16 heteroatoms. The van der Waals surface area contributed by atoms with Gasteiger partial charge in [-0.3, -0.25) is 4.79 Å². The van der Waals surface area contributed by atoms with Crippen LogP contribution in [0.25, 0.3) is 0 Å². The predicted octanol–water partition coefficient (Wildman–Crippen LogP) is 6.91. The van der Waals surface area contributed by atoms with Crippen LogP contribution in [0.5, 0.6) is 5.75 Å². The topological polar surface area (TPSA) is 158 Å². The predicted molar refractivity (Wildman–Crippen MR) is 189 cm³/mol. The van der Waals surface area contributed by atoms with E-state index in [0.717, 1.165) is 18.6 Å². The van der Waals surface area contributed by atoms with Crippen molar-refractivity contribution in [2.24, 2.45) is 5.92 Å². The average molecular weight is 733 g/mol. The lowest BCUT2D eigenvalue weighted by atomic mass is 10.0. The van der Waals surface area contributed by atoms with Crippen molar-refractivity contribution in [1.29, 1.82) is 0 Å². The number of alkyl halides is 3. The molecule has 5 amide bonds. The summed E-state index contributed by atoms with van der Waals surface area (Å²) in [5.74, 6) is -0.0471. The molecule has 1 aliphatic heterocycles. The van der Waals surface area contributed by atoms with E-state index in [9.17, 15) is 32.7 Å². The number of hydrogen-bond acceptors (Lipinski definition) is 8. The molecule has 1 aromatic heterocycles. The summed E-state index contributed by atoms with van der Waals surface area (Å²) in [6.45, 7) is 9.10. The highest BCUT2D eigenvalue weighted by Gasteiger charge is 2.32. The highest BCUT2D eigenvalue weighted by Crippen LogP contribution is 2.31. The normalized spacial score (nSPS) is 19.5. The molecule has 0 spiro atoms. The second-order valence-corrected chi connectivity index (χ2v) is 13.2. The lowest BCUT2D eigenvalue weighted by molar-refractivity contribution is -0.137. The Morgan fingerprint density at radius 1 is 1.06 bits per heavy atom.